The van der Waals surface area contributed by atoms with E-state index in [4.69, 9.17) is 0 Å². The highest BCUT2D eigenvalue weighted by Crippen LogP contribution is 2.28. The average Bonchev–Trinajstić information content (AvgIpc) is 2.84. The largest absolute Gasteiger partial charge is 0.355 e. The molecule has 2 nitrogen and oxygen atoms in total. The Morgan fingerprint density at radius 2 is 1.79 bits per heavy atom. The second kappa shape index (κ2) is 6.65. The predicted octanol–water partition coefficient (Wildman–Crippen LogP) is 4.45. The van der Waals surface area contributed by atoms with Crippen molar-refractivity contribution in [2.45, 2.75) is 46.2 Å². The Morgan fingerprint density at radius 3 is 2.42 bits per heavy atom. The highest BCUT2D eigenvalue weighted by Gasteiger charge is 2.29. The quantitative estimate of drug-likeness (QED) is 0.695. The van der Waals surface area contributed by atoms with Crippen molar-refractivity contribution < 1.29 is 0 Å². The van der Waals surface area contributed by atoms with Gasteiger partial charge in [0.2, 0.25) is 0 Å². The van der Waals surface area contributed by atoms with E-state index in [1.165, 1.54) is 24.9 Å². The van der Waals surface area contributed by atoms with E-state index in [-0.39, 0.29) is 0 Å². The van der Waals surface area contributed by atoms with Crippen molar-refractivity contribution in [2.75, 3.05) is 11.4 Å². The van der Waals surface area contributed by atoms with Crippen molar-refractivity contribution in [3.05, 3.63) is 42.7 Å². The van der Waals surface area contributed by atoms with Crippen molar-refractivity contribution in [3.63, 3.8) is 0 Å². The van der Waals surface area contributed by atoms with E-state index in [9.17, 15) is 0 Å². The number of anilines is 1. The topological polar surface area (TPSA) is 6.48 Å². The molecule has 0 saturated heterocycles. The summed E-state index contributed by atoms with van der Waals surface area (Å²) in [4.78, 5) is 4.89. The third-order valence-corrected chi connectivity index (χ3v) is 3.71. The van der Waals surface area contributed by atoms with E-state index < -0.39 is 0 Å². The van der Waals surface area contributed by atoms with Gasteiger partial charge in [-0.3, -0.25) is 0 Å². The lowest BCUT2D eigenvalue weighted by Gasteiger charge is -2.35. The van der Waals surface area contributed by atoms with E-state index in [2.05, 4.69) is 73.3 Å². The SMILES string of the molecule is CCCCCN1C=CN(c2ccccc2)C1C(C)C. The van der Waals surface area contributed by atoms with Gasteiger partial charge in [-0.05, 0) is 24.5 Å². The van der Waals surface area contributed by atoms with Gasteiger partial charge in [0.05, 0.1) is 0 Å². The third kappa shape index (κ3) is 3.31. The molecule has 0 fully saturated rings. The number of hydrogen-bond donors (Lipinski definition) is 0. The first kappa shape index (κ1) is 14.0. The summed E-state index contributed by atoms with van der Waals surface area (Å²) < 4.78 is 0. The molecule has 1 aliphatic heterocycles. The van der Waals surface area contributed by atoms with Gasteiger partial charge in [0, 0.05) is 24.6 Å². The van der Waals surface area contributed by atoms with E-state index in [0.29, 0.717) is 12.1 Å². The second-order valence-corrected chi connectivity index (χ2v) is 5.64. The molecule has 0 bridgehead atoms. The summed E-state index contributed by atoms with van der Waals surface area (Å²) in [6.07, 6.45) is 8.83. The highest BCUT2D eigenvalue weighted by molar-refractivity contribution is 5.51. The van der Waals surface area contributed by atoms with E-state index in [0.717, 1.165) is 6.54 Å². The molecule has 0 saturated carbocycles. The number of benzene rings is 1. The van der Waals surface area contributed by atoms with Gasteiger partial charge in [-0.2, -0.15) is 0 Å². The second-order valence-electron chi connectivity index (χ2n) is 5.64. The maximum Gasteiger partial charge on any atom is 0.108 e. The lowest BCUT2D eigenvalue weighted by molar-refractivity contribution is 0.238. The molecule has 1 atom stereocenters. The van der Waals surface area contributed by atoms with Gasteiger partial charge in [0.25, 0.3) is 0 Å². The Hall–Kier alpha value is -1.44. The van der Waals surface area contributed by atoms with Crippen LogP contribution in [-0.4, -0.2) is 17.6 Å². The summed E-state index contributed by atoms with van der Waals surface area (Å²) in [5.74, 6) is 0.608. The number of nitrogens with zero attached hydrogens (tertiary/aromatic N) is 2. The molecular formula is C17H26N2. The van der Waals surface area contributed by atoms with Crippen molar-refractivity contribution in [3.8, 4) is 0 Å². The van der Waals surface area contributed by atoms with E-state index in [1.54, 1.807) is 0 Å². The molecule has 0 aliphatic carbocycles. The summed E-state index contributed by atoms with van der Waals surface area (Å²) in [6, 6.07) is 10.7. The van der Waals surface area contributed by atoms with Crippen LogP contribution in [0.25, 0.3) is 0 Å². The van der Waals surface area contributed by atoms with Crippen molar-refractivity contribution in [1.29, 1.82) is 0 Å². The van der Waals surface area contributed by atoms with Gasteiger partial charge in [0.1, 0.15) is 6.17 Å². The number of hydrogen-bond acceptors (Lipinski definition) is 2. The molecule has 1 aliphatic rings. The van der Waals surface area contributed by atoms with Gasteiger partial charge in [0.15, 0.2) is 0 Å². The zero-order chi connectivity index (χ0) is 13.7. The van der Waals surface area contributed by atoms with Crippen LogP contribution in [-0.2, 0) is 0 Å². The minimum atomic E-state index is 0.458. The van der Waals surface area contributed by atoms with Crippen molar-refractivity contribution >= 4 is 5.69 Å². The normalized spacial score (nSPS) is 18.6. The van der Waals surface area contributed by atoms with Gasteiger partial charge < -0.3 is 9.80 Å². The fraction of sp³-hybridized carbons (Fsp3) is 0.529. The van der Waals surface area contributed by atoms with Crippen LogP contribution in [0.1, 0.15) is 40.0 Å². The van der Waals surface area contributed by atoms with Crippen LogP contribution in [0, 0.1) is 5.92 Å². The average molecular weight is 258 g/mol. The lowest BCUT2D eigenvalue weighted by Crippen LogP contribution is -2.43. The molecule has 0 N–H and O–H groups in total. The zero-order valence-corrected chi connectivity index (χ0v) is 12.4. The Morgan fingerprint density at radius 1 is 1.05 bits per heavy atom. The first-order chi connectivity index (χ1) is 9.24. The number of rotatable bonds is 6. The molecule has 1 heterocycles. The standard InChI is InChI=1S/C17H26N2/c1-4-5-9-12-18-13-14-19(17(18)15(2)3)16-10-7-6-8-11-16/h6-8,10-11,13-15,17H,4-5,9,12H2,1-3H3. The molecule has 2 heteroatoms. The maximum atomic E-state index is 2.49. The minimum absolute atomic E-state index is 0.458. The Kier molecular flexibility index (Phi) is 4.89. The summed E-state index contributed by atoms with van der Waals surface area (Å²) in [5.41, 5.74) is 1.29. The van der Waals surface area contributed by atoms with Crippen LogP contribution in [0.2, 0.25) is 0 Å². The predicted molar refractivity (Wildman–Crippen MR) is 82.9 cm³/mol. The van der Waals surface area contributed by atoms with Crippen molar-refractivity contribution in [2.24, 2.45) is 5.92 Å². The number of para-hydroxylation sites is 1. The summed E-state index contributed by atoms with van der Waals surface area (Å²) in [5, 5.41) is 0. The van der Waals surface area contributed by atoms with Gasteiger partial charge in [-0.25, -0.2) is 0 Å². The Labute approximate surface area is 117 Å². The van der Waals surface area contributed by atoms with E-state index in [1.807, 2.05) is 0 Å². The monoisotopic (exact) mass is 258 g/mol. The Bertz CT molecular complexity index is 397. The summed E-state index contributed by atoms with van der Waals surface area (Å²) in [7, 11) is 0. The first-order valence-corrected chi connectivity index (χ1v) is 7.51. The van der Waals surface area contributed by atoms with Gasteiger partial charge in [-0.1, -0.05) is 51.8 Å². The molecule has 2 rings (SSSR count). The molecular weight excluding hydrogens is 232 g/mol. The van der Waals surface area contributed by atoms with Crippen molar-refractivity contribution in [1.82, 2.24) is 4.90 Å². The van der Waals surface area contributed by atoms with Crippen LogP contribution >= 0.6 is 0 Å². The minimum Gasteiger partial charge on any atom is -0.355 e. The lowest BCUT2D eigenvalue weighted by atomic mass is 10.1. The van der Waals surface area contributed by atoms with Crippen LogP contribution in [0.5, 0.6) is 0 Å². The molecule has 0 aromatic heterocycles. The van der Waals surface area contributed by atoms with Gasteiger partial charge >= 0.3 is 0 Å². The van der Waals surface area contributed by atoms with Gasteiger partial charge in [-0.15, -0.1) is 0 Å². The van der Waals surface area contributed by atoms with Crippen LogP contribution in [0.15, 0.2) is 42.7 Å². The molecule has 104 valence electrons. The maximum absolute atomic E-state index is 2.49. The molecule has 1 aromatic carbocycles. The molecule has 0 spiro atoms. The number of unbranched alkanes of at least 4 members (excludes halogenated alkanes) is 2. The molecule has 1 aromatic rings. The zero-order valence-electron chi connectivity index (χ0n) is 12.4. The van der Waals surface area contributed by atoms with Crippen LogP contribution in [0.4, 0.5) is 5.69 Å². The molecule has 0 amide bonds. The fourth-order valence-electron chi connectivity index (χ4n) is 2.79. The summed E-state index contributed by atoms with van der Waals surface area (Å²) >= 11 is 0. The fourth-order valence-corrected chi connectivity index (χ4v) is 2.79. The molecule has 19 heavy (non-hydrogen) atoms. The smallest absolute Gasteiger partial charge is 0.108 e. The third-order valence-electron chi connectivity index (χ3n) is 3.71. The van der Waals surface area contributed by atoms with E-state index >= 15 is 0 Å². The van der Waals surface area contributed by atoms with Crippen LogP contribution < -0.4 is 4.90 Å². The van der Waals surface area contributed by atoms with Crippen LogP contribution in [0.3, 0.4) is 0 Å². The molecule has 1 unspecified atom stereocenters. The summed E-state index contributed by atoms with van der Waals surface area (Å²) in [6.45, 7) is 8.04. The first-order valence-electron chi connectivity index (χ1n) is 7.51. The Balaban J connectivity index is 2.07. The molecule has 0 radical (unpaired) electrons. The highest BCUT2D eigenvalue weighted by atomic mass is 15.4.